The molecule has 0 heterocycles. The van der Waals surface area contributed by atoms with Crippen LogP contribution in [0, 0.1) is 3.57 Å². The molecule has 1 rings (SSSR count). The van der Waals surface area contributed by atoms with Crippen molar-refractivity contribution < 1.29 is 23.0 Å². The zero-order valence-electron chi connectivity index (χ0n) is 19.1. The maximum absolute atomic E-state index is 11.7. The number of rotatable bonds is 18. The smallest absolute Gasteiger partial charge is 0.268 e. The number of quaternary nitrogens is 1. The lowest BCUT2D eigenvalue weighted by Crippen LogP contribution is -2.37. The molecular weight excluding hydrogens is 510 g/mol. The number of aryl methyl sites for hydroxylation is 1. The highest BCUT2D eigenvalue weighted by Crippen LogP contribution is 2.38. The van der Waals surface area contributed by atoms with Crippen LogP contribution in [0.3, 0.4) is 0 Å². The Morgan fingerprint density at radius 2 is 1.40 bits per heavy atom. The van der Waals surface area contributed by atoms with Gasteiger partial charge in [-0.05, 0) is 59.5 Å². The first kappa shape index (κ1) is 28.1. The van der Waals surface area contributed by atoms with Crippen LogP contribution in [0.15, 0.2) is 24.3 Å². The second kappa shape index (κ2) is 15.8. The number of likely N-dealkylation sites (N-methyl/N-ethyl adjacent to an activating group) is 1. The van der Waals surface area contributed by atoms with Gasteiger partial charge in [-0.25, -0.2) is 0 Å². The van der Waals surface area contributed by atoms with Crippen LogP contribution in [0.2, 0.25) is 0 Å². The highest BCUT2D eigenvalue weighted by atomic mass is 125. The van der Waals surface area contributed by atoms with Crippen LogP contribution < -0.4 is 4.89 Å². The highest BCUT2D eigenvalue weighted by Gasteiger charge is 2.12. The van der Waals surface area contributed by atoms with Crippen LogP contribution in [-0.2, 0) is 20.0 Å². The number of halogens is 1. The molecule has 7 heteroatoms. The molecule has 1 unspecified atom stereocenters. The summed E-state index contributed by atoms with van der Waals surface area (Å²) in [4.78, 5) is 11.7. The molecule has 0 aliphatic rings. The fourth-order valence-corrected chi connectivity index (χ4v) is 4.52. The highest BCUT2D eigenvalue weighted by molar-refractivity contribution is 14.1. The predicted octanol–water partition coefficient (Wildman–Crippen LogP) is 5.94. The van der Waals surface area contributed by atoms with E-state index in [1.165, 1.54) is 60.5 Å². The van der Waals surface area contributed by atoms with Gasteiger partial charge >= 0.3 is 0 Å². The Hall–Kier alpha value is 0.0200. The summed E-state index contributed by atoms with van der Waals surface area (Å²) < 4.78 is 23.5. The van der Waals surface area contributed by atoms with Crippen LogP contribution in [0.4, 0.5) is 0 Å². The molecule has 1 aromatic carbocycles. The molecule has 0 amide bonds. The molecule has 174 valence electrons. The third kappa shape index (κ3) is 16.7. The minimum Gasteiger partial charge on any atom is -0.756 e. The molecule has 0 aliphatic heterocycles. The summed E-state index contributed by atoms with van der Waals surface area (Å²) in [5.74, 6) is 0. The van der Waals surface area contributed by atoms with Crippen molar-refractivity contribution in [2.24, 2.45) is 0 Å². The van der Waals surface area contributed by atoms with E-state index in [-0.39, 0.29) is 13.2 Å². The van der Waals surface area contributed by atoms with Gasteiger partial charge in [-0.1, -0.05) is 63.5 Å². The van der Waals surface area contributed by atoms with E-state index in [2.05, 4.69) is 46.9 Å². The minimum absolute atomic E-state index is 0.163. The Kier molecular flexibility index (Phi) is 14.7. The van der Waals surface area contributed by atoms with Crippen LogP contribution in [0.5, 0.6) is 0 Å². The first-order valence-corrected chi connectivity index (χ1v) is 13.9. The third-order valence-electron chi connectivity index (χ3n) is 5.01. The fraction of sp³-hybridized carbons (Fsp3) is 0.739. The Morgan fingerprint density at radius 1 is 0.867 bits per heavy atom. The van der Waals surface area contributed by atoms with Crippen LogP contribution in [-0.4, -0.2) is 45.4 Å². The maximum Gasteiger partial charge on any atom is 0.268 e. The maximum atomic E-state index is 11.7. The number of benzene rings is 1. The average molecular weight is 551 g/mol. The summed E-state index contributed by atoms with van der Waals surface area (Å²) in [6, 6.07) is 8.79. The van der Waals surface area contributed by atoms with Gasteiger partial charge in [0.15, 0.2) is 0 Å². The van der Waals surface area contributed by atoms with E-state index >= 15 is 0 Å². The van der Waals surface area contributed by atoms with Gasteiger partial charge in [0.05, 0.1) is 27.7 Å². The van der Waals surface area contributed by atoms with Crippen molar-refractivity contribution >= 4 is 30.4 Å². The topological polar surface area (TPSA) is 58.6 Å². The van der Waals surface area contributed by atoms with Gasteiger partial charge in [0.1, 0.15) is 13.2 Å². The quantitative estimate of drug-likeness (QED) is 0.0981. The normalized spacial score (nSPS) is 14.0. The molecule has 0 saturated carbocycles. The van der Waals surface area contributed by atoms with Crippen molar-refractivity contribution in [2.45, 2.75) is 70.6 Å². The van der Waals surface area contributed by atoms with Gasteiger partial charge in [0.25, 0.3) is 7.82 Å². The molecule has 0 N–H and O–H groups in total. The molecule has 1 aromatic rings. The summed E-state index contributed by atoms with van der Waals surface area (Å²) in [5.41, 5.74) is 1.45. The van der Waals surface area contributed by atoms with Gasteiger partial charge in [0, 0.05) is 3.57 Å². The van der Waals surface area contributed by atoms with Crippen molar-refractivity contribution in [3.8, 4) is 0 Å². The summed E-state index contributed by atoms with van der Waals surface area (Å²) in [7, 11) is 1.84. The number of unbranched alkanes of at least 4 members (excludes halogenated alkanes) is 9. The lowest BCUT2D eigenvalue weighted by atomic mass is 10.0. The Labute approximate surface area is 197 Å². The number of hydrogen-bond donors (Lipinski definition) is 0. The third-order valence-corrected chi connectivity index (χ3v) is 6.68. The molecule has 0 bridgehead atoms. The van der Waals surface area contributed by atoms with Gasteiger partial charge in [-0.15, -0.1) is 0 Å². The number of hydrogen-bond acceptors (Lipinski definition) is 4. The van der Waals surface area contributed by atoms with Crippen LogP contribution >= 0.6 is 30.4 Å². The summed E-state index contributed by atoms with van der Waals surface area (Å²) >= 11 is 2.37. The number of phosphoric acid groups is 1. The lowest BCUT2D eigenvalue weighted by Gasteiger charge is -2.27. The minimum atomic E-state index is -4.14. The fourth-order valence-electron chi connectivity index (χ4n) is 3.18. The van der Waals surface area contributed by atoms with Crippen molar-refractivity contribution in [3.63, 3.8) is 0 Å². The van der Waals surface area contributed by atoms with E-state index in [9.17, 15) is 9.46 Å². The van der Waals surface area contributed by atoms with Crippen LogP contribution in [0.1, 0.15) is 69.8 Å². The second-order valence-corrected chi connectivity index (χ2v) is 11.7. The lowest BCUT2D eigenvalue weighted by molar-refractivity contribution is -0.870. The summed E-state index contributed by atoms with van der Waals surface area (Å²) in [6.07, 6.45) is 13.1. The molecular formula is C23H41INO4P. The number of phosphoric ester groups is 1. The van der Waals surface area contributed by atoms with Crippen molar-refractivity contribution in [1.29, 1.82) is 0 Å². The molecule has 0 radical (unpaired) electrons. The summed E-state index contributed by atoms with van der Waals surface area (Å²) in [5, 5.41) is 0. The van der Waals surface area contributed by atoms with Gasteiger partial charge < -0.3 is 18.4 Å². The Bertz CT molecular complexity index is 621. The molecule has 30 heavy (non-hydrogen) atoms. The average Bonchev–Trinajstić information content (AvgIpc) is 2.64. The molecule has 0 spiro atoms. The van der Waals surface area contributed by atoms with Crippen molar-refractivity contribution in [3.05, 3.63) is 33.4 Å². The molecule has 0 fully saturated rings. The number of nitrogens with zero attached hydrogens (tertiary/aromatic N) is 1. The standard InChI is InChI=1S/C23H41INO4P/c1-25(2,3)18-20-29-30(26,27)28-19-13-11-9-7-5-4-6-8-10-12-15-22-16-14-17-23(24)21-22/h14,16-17,21H,4-13,15,18-20H2,1-3H3/i24-2. The first-order valence-electron chi connectivity index (χ1n) is 11.3. The van der Waals surface area contributed by atoms with Gasteiger partial charge in [-0.2, -0.15) is 0 Å². The molecule has 5 nitrogen and oxygen atoms in total. The van der Waals surface area contributed by atoms with E-state index < -0.39 is 7.82 Å². The molecule has 0 saturated heterocycles. The Morgan fingerprint density at radius 3 is 1.97 bits per heavy atom. The first-order chi connectivity index (χ1) is 14.2. The molecule has 0 aliphatic carbocycles. The zero-order valence-corrected chi connectivity index (χ0v) is 22.2. The van der Waals surface area contributed by atoms with Crippen LogP contribution in [0.25, 0.3) is 0 Å². The van der Waals surface area contributed by atoms with Gasteiger partial charge in [-0.3, -0.25) is 4.57 Å². The van der Waals surface area contributed by atoms with E-state index in [1.54, 1.807) is 0 Å². The monoisotopic (exact) mass is 551 g/mol. The van der Waals surface area contributed by atoms with Gasteiger partial charge in [0.2, 0.25) is 0 Å². The molecule has 0 aromatic heterocycles. The van der Waals surface area contributed by atoms with E-state index in [0.29, 0.717) is 11.0 Å². The molecule has 1 atom stereocenters. The van der Waals surface area contributed by atoms with E-state index in [0.717, 1.165) is 19.3 Å². The predicted molar refractivity (Wildman–Crippen MR) is 131 cm³/mol. The van der Waals surface area contributed by atoms with Crippen molar-refractivity contribution in [2.75, 3.05) is 40.9 Å². The summed E-state index contributed by atoms with van der Waals surface area (Å²) in [6.45, 7) is 1.02. The Balaban J connectivity index is 1.86. The second-order valence-electron chi connectivity index (χ2n) is 9.04. The van der Waals surface area contributed by atoms with E-state index in [1.807, 2.05) is 21.1 Å². The largest absolute Gasteiger partial charge is 0.756 e. The SMILES string of the molecule is C[N+](C)(C)CCOP(=O)([O-])OCCCCCCCCCCCCc1cccc([125I])c1. The van der Waals surface area contributed by atoms with E-state index in [4.69, 9.17) is 9.05 Å². The van der Waals surface area contributed by atoms with Crippen molar-refractivity contribution in [1.82, 2.24) is 0 Å². The zero-order chi connectivity index (χ0) is 22.3.